The molecule has 6 heterocycles. The minimum absolute atomic E-state index is 0.234. The largest absolute Gasteiger partial charge is 0.456 e. The molecule has 190 valence electrons. The van der Waals surface area contributed by atoms with Crippen molar-refractivity contribution in [2.24, 2.45) is 0 Å². The van der Waals surface area contributed by atoms with Crippen molar-refractivity contribution in [1.82, 2.24) is 29.6 Å². The van der Waals surface area contributed by atoms with E-state index in [2.05, 4.69) is 28.2 Å². The molecule has 4 atom stereocenters. The molecule has 11 heteroatoms. The number of nitrogens with zero attached hydrogens (tertiary/aromatic N) is 5. The van der Waals surface area contributed by atoms with E-state index in [9.17, 15) is 5.11 Å². The van der Waals surface area contributed by atoms with Gasteiger partial charge in [-0.3, -0.25) is 4.57 Å². The fraction of sp³-hybridized carbons (Fsp3) is 0.346. The summed E-state index contributed by atoms with van der Waals surface area (Å²) in [5.41, 5.74) is 6.04. The number of fused-ring (bicyclic) bond motifs is 3. The zero-order chi connectivity index (χ0) is 25.1. The lowest BCUT2D eigenvalue weighted by Crippen LogP contribution is -2.35. The van der Waals surface area contributed by atoms with Gasteiger partial charge in [-0.1, -0.05) is 29.8 Å². The molecule has 2 saturated heterocycles. The van der Waals surface area contributed by atoms with Gasteiger partial charge in [0.2, 0.25) is 0 Å². The molecule has 3 aliphatic rings. The SMILES string of the molecule is C=CCn1c(O[C@@H]2CO[C@H]3C2OC[C@H]3O)nc2nc(-c3ccc(-n4cc5c(n4)CNC5)cc3)c(Cl)cc21. The molecule has 1 unspecified atom stereocenters. The average Bonchev–Trinajstić information content (AvgIpc) is 3.70. The average molecular weight is 521 g/mol. The summed E-state index contributed by atoms with van der Waals surface area (Å²) in [4.78, 5) is 9.47. The Morgan fingerprint density at radius 2 is 2.00 bits per heavy atom. The third-order valence-corrected chi connectivity index (χ3v) is 7.39. The first-order valence-corrected chi connectivity index (χ1v) is 12.6. The van der Waals surface area contributed by atoms with Crippen LogP contribution in [0.15, 0.2) is 49.2 Å². The van der Waals surface area contributed by atoms with Crippen LogP contribution in [0.1, 0.15) is 11.3 Å². The van der Waals surface area contributed by atoms with Crippen LogP contribution >= 0.6 is 11.6 Å². The molecular weight excluding hydrogens is 496 g/mol. The summed E-state index contributed by atoms with van der Waals surface area (Å²) >= 11 is 6.72. The number of hydrogen-bond donors (Lipinski definition) is 2. The molecule has 2 fully saturated rings. The lowest BCUT2D eigenvalue weighted by atomic mass is 10.1. The van der Waals surface area contributed by atoms with Gasteiger partial charge in [-0.25, -0.2) is 9.67 Å². The summed E-state index contributed by atoms with van der Waals surface area (Å²) < 4.78 is 21.4. The van der Waals surface area contributed by atoms with Crippen LogP contribution in [-0.2, 0) is 29.1 Å². The second kappa shape index (κ2) is 8.93. The molecule has 3 aliphatic heterocycles. The highest BCUT2D eigenvalue weighted by atomic mass is 35.5. The summed E-state index contributed by atoms with van der Waals surface area (Å²) in [6, 6.07) is 10.2. The molecule has 0 aliphatic carbocycles. The zero-order valence-electron chi connectivity index (χ0n) is 19.9. The Morgan fingerprint density at radius 3 is 2.81 bits per heavy atom. The maximum Gasteiger partial charge on any atom is 0.299 e. The molecule has 0 amide bonds. The number of benzene rings is 1. The van der Waals surface area contributed by atoms with E-state index >= 15 is 0 Å². The summed E-state index contributed by atoms with van der Waals surface area (Å²) in [6.07, 6.45) is 2.06. The highest BCUT2D eigenvalue weighted by Crippen LogP contribution is 2.34. The Balaban J connectivity index is 1.20. The van der Waals surface area contributed by atoms with Crippen LogP contribution < -0.4 is 10.1 Å². The Hall–Kier alpha value is -3.28. The van der Waals surface area contributed by atoms with E-state index in [0.29, 0.717) is 35.5 Å². The maximum absolute atomic E-state index is 10.0. The summed E-state index contributed by atoms with van der Waals surface area (Å²) in [5.74, 6) is 0. The van der Waals surface area contributed by atoms with Gasteiger partial charge >= 0.3 is 0 Å². The number of ether oxygens (including phenoxy) is 3. The van der Waals surface area contributed by atoms with Crippen LogP contribution in [0.25, 0.3) is 28.1 Å². The van der Waals surface area contributed by atoms with E-state index in [0.717, 1.165) is 35.6 Å². The van der Waals surface area contributed by atoms with E-state index in [-0.39, 0.29) is 24.9 Å². The van der Waals surface area contributed by atoms with Gasteiger partial charge in [0.25, 0.3) is 6.01 Å². The lowest BCUT2D eigenvalue weighted by Gasteiger charge is -2.17. The lowest BCUT2D eigenvalue weighted by molar-refractivity contribution is 0.00622. The van der Waals surface area contributed by atoms with Crippen molar-refractivity contribution in [2.45, 2.75) is 44.1 Å². The number of rotatable bonds is 6. The van der Waals surface area contributed by atoms with Gasteiger partial charge in [-0.15, -0.1) is 6.58 Å². The van der Waals surface area contributed by atoms with Crippen LogP contribution in [0, 0.1) is 0 Å². The molecule has 0 spiro atoms. The number of aliphatic hydroxyl groups is 1. The highest BCUT2D eigenvalue weighted by molar-refractivity contribution is 6.33. The number of halogens is 1. The number of aliphatic hydroxyl groups excluding tert-OH is 1. The normalized spacial score (nSPS) is 24.5. The smallest absolute Gasteiger partial charge is 0.299 e. The van der Waals surface area contributed by atoms with Gasteiger partial charge in [-0.05, 0) is 18.2 Å². The van der Waals surface area contributed by atoms with Crippen molar-refractivity contribution in [3.63, 3.8) is 0 Å². The third-order valence-electron chi connectivity index (χ3n) is 7.10. The molecule has 0 saturated carbocycles. The van der Waals surface area contributed by atoms with Gasteiger partial charge < -0.3 is 24.6 Å². The fourth-order valence-electron chi connectivity index (χ4n) is 5.24. The standard InChI is InChI=1S/C26H25ClN6O4/c1-2-7-32-19-8-17(27)22(14-3-5-16(6-4-14)33-11-15-9-28-10-18(15)31-33)29-25(19)30-26(32)37-21-13-36-23-20(34)12-35-24(21)23/h2-6,8,11,20-21,23-24,28,34H,1,7,9-10,12-13H2/t20-,21-,23-,24?/m1/s1. The van der Waals surface area contributed by atoms with Gasteiger partial charge in [0, 0.05) is 37.0 Å². The van der Waals surface area contributed by atoms with Crippen LogP contribution in [0.2, 0.25) is 5.02 Å². The molecular formula is C26H25ClN6O4. The molecule has 0 radical (unpaired) electrons. The van der Waals surface area contributed by atoms with Crippen molar-refractivity contribution in [3.05, 3.63) is 65.5 Å². The molecule has 4 aromatic rings. The number of pyridine rings is 1. The predicted molar refractivity (Wildman–Crippen MR) is 136 cm³/mol. The molecule has 0 bridgehead atoms. The third kappa shape index (κ3) is 3.84. The second-order valence-electron chi connectivity index (χ2n) is 9.47. The first-order chi connectivity index (χ1) is 18.1. The van der Waals surface area contributed by atoms with Gasteiger partial charge in [0.1, 0.15) is 18.3 Å². The molecule has 3 aromatic heterocycles. The maximum atomic E-state index is 10.0. The second-order valence-corrected chi connectivity index (χ2v) is 9.88. The Labute approximate surface area is 217 Å². The van der Waals surface area contributed by atoms with Crippen molar-refractivity contribution in [1.29, 1.82) is 0 Å². The molecule has 2 N–H and O–H groups in total. The van der Waals surface area contributed by atoms with Crippen molar-refractivity contribution in [3.8, 4) is 23.0 Å². The molecule has 37 heavy (non-hydrogen) atoms. The van der Waals surface area contributed by atoms with E-state index in [1.807, 2.05) is 39.6 Å². The monoisotopic (exact) mass is 520 g/mol. The van der Waals surface area contributed by atoms with Crippen LogP contribution in [0.4, 0.5) is 0 Å². The van der Waals surface area contributed by atoms with Crippen LogP contribution in [0.3, 0.4) is 0 Å². The first-order valence-electron chi connectivity index (χ1n) is 12.2. The molecule has 1 aromatic carbocycles. The van der Waals surface area contributed by atoms with Gasteiger partial charge in [0.05, 0.1) is 40.8 Å². The molecule has 7 rings (SSSR count). The van der Waals surface area contributed by atoms with E-state index < -0.39 is 6.10 Å². The van der Waals surface area contributed by atoms with E-state index in [4.69, 9.17) is 30.8 Å². The minimum atomic E-state index is -0.647. The Kier molecular flexibility index (Phi) is 5.52. The molecule has 10 nitrogen and oxygen atoms in total. The van der Waals surface area contributed by atoms with Crippen molar-refractivity contribution >= 4 is 22.8 Å². The van der Waals surface area contributed by atoms with E-state index in [1.165, 1.54) is 5.56 Å². The zero-order valence-corrected chi connectivity index (χ0v) is 20.6. The van der Waals surface area contributed by atoms with Crippen LogP contribution in [-0.4, -0.2) is 67.1 Å². The Morgan fingerprint density at radius 1 is 1.16 bits per heavy atom. The van der Waals surface area contributed by atoms with Gasteiger partial charge in [0.15, 0.2) is 11.8 Å². The van der Waals surface area contributed by atoms with Gasteiger partial charge in [-0.2, -0.15) is 10.1 Å². The topological polar surface area (TPSA) is 108 Å². The minimum Gasteiger partial charge on any atom is -0.456 e. The van der Waals surface area contributed by atoms with Crippen molar-refractivity contribution < 1.29 is 19.3 Å². The summed E-state index contributed by atoms with van der Waals surface area (Å²) in [5, 5.41) is 18.5. The number of allylic oxidation sites excluding steroid dienone is 1. The van der Waals surface area contributed by atoms with Crippen molar-refractivity contribution in [2.75, 3.05) is 13.2 Å². The first kappa shape index (κ1) is 22.9. The number of nitrogens with one attached hydrogen (secondary N) is 1. The van der Waals surface area contributed by atoms with E-state index in [1.54, 1.807) is 6.08 Å². The predicted octanol–water partition coefficient (Wildman–Crippen LogP) is 2.63. The number of aromatic nitrogens is 5. The summed E-state index contributed by atoms with van der Waals surface area (Å²) in [7, 11) is 0. The summed E-state index contributed by atoms with van der Waals surface area (Å²) in [6.45, 7) is 6.52. The Bertz CT molecular complexity index is 1480. The number of hydrogen-bond acceptors (Lipinski definition) is 8. The van der Waals surface area contributed by atoms with Crippen LogP contribution in [0.5, 0.6) is 6.01 Å². The quantitative estimate of drug-likeness (QED) is 0.374. The number of imidazole rings is 1. The fourth-order valence-corrected chi connectivity index (χ4v) is 5.50. The highest BCUT2D eigenvalue weighted by Gasteiger charge is 2.48.